The van der Waals surface area contributed by atoms with Gasteiger partial charge in [0.2, 0.25) is 5.89 Å². The third kappa shape index (κ3) is 4.52. The van der Waals surface area contributed by atoms with Crippen molar-refractivity contribution in [3.63, 3.8) is 0 Å². The summed E-state index contributed by atoms with van der Waals surface area (Å²) in [5.41, 5.74) is 0. The summed E-state index contributed by atoms with van der Waals surface area (Å²) in [5, 5.41) is 9.99. The smallest absolute Gasteiger partial charge is 0.292 e. The van der Waals surface area contributed by atoms with E-state index in [4.69, 9.17) is 4.52 Å². The Balaban J connectivity index is 1.82. The average Bonchev–Trinajstić information content (AvgIpc) is 3.17. The molecule has 2 unspecified atom stereocenters. The van der Waals surface area contributed by atoms with Crippen molar-refractivity contribution in [2.24, 2.45) is 5.92 Å². The number of hydrogen-bond acceptors (Lipinski definition) is 5. The zero-order valence-electron chi connectivity index (χ0n) is 13.0. The topological polar surface area (TPSA) is 80.0 Å². The normalized spacial score (nSPS) is 19.6. The summed E-state index contributed by atoms with van der Waals surface area (Å²) in [7, 11) is 0. The van der Waals surface area contributed by atoms with E-state index in [2.05, 4.69) is 34.6 Å². The van der Waals surface area contributed by atoms with Gasteiger partial charge in [0.05, 0.1) is 6.04 Å². The third-order valence-corrected chi connectivity index (χ3v) is 4.10. The van der Waals surface area contributed by atoms with Gasteiger partial charge >= 0.3 is 0 Å². The van der Waals surface area contributed by atoms with Gasteiger partial charge in [-0.25, -0.2) is 0 Å². The Bertz CT molecular complexity index is 441. The van der Waals surface area contributed by atoms with Crippen molar-refractivity contribution in [3.05, 3.63) is 11.7 Å². The lowest BCUT2D eigenvalue weighted by molar-refractivity contribution is 0.0932. The van der Waals surface area contributed by atoms with E-state index in [0.29, 0.717) is 18.4 Å². The van der Waals surface area contributed by atoms with Crippen LogP contribution in [-0.4, -0.2) is 29.1 Å². The third-order valence-electron chi connectivity index (χ3n) is 4.10. The fourth-order valence-electron chi connectivity index (χ4n) is 2.62. The molecular weight excluding hydrogens is 268 g/mol. The van der Waals surface area contributed by atoms with E-state index in [9.17, 15) is 4.79 Å². The second-order valence-corrected chi connectivity index (χ2v) is 5.73. The maximum Gasteiger partial charge on any atom is 0.292 e. The Morgan fingerprint density at radius 3 is 3.05 bits per heavy atom. The Hall–Kier alpha value is -1.43. The standard InChI is InChI=1S/C15H26N4O2/c1-3-5-7-11(4-2)10-17-14(20)13-18-15(21-19-13)12-8-6-9-16-12/h11-12,16H,3-10H2,1-2H3,(H,17,20). The summed E-state index contributed by atoms with van der Waals surface area (Å²) in [6.45, 7) is 5.99. The van der Waals surface area contributed by atoms with Gasteiger partial charge in [0.25, 0.3) is 11.7 Å². The van der Waals surface area contributed by atoms with Crippen LogP contribution in [0.2, 0.25) is 0 Å². The van der Waals surface area contributed by atoms with E-state index in [1.54, 1.807) is 0 Å². The molecular formula is C15H26N4O2. The van der Waals surface area contributed by atoms with Crippen molar-refractivity contribution in [3.8, 4) is 0 Å². The first kappa shape index (κ1) is 15.9. The van der Waals surface area contributed by atoms with Crippen LogP contribution in [-0.2, 0) is 0 Å². The fraction of sp³-hybridized carbons (Fsp3) is 0.800. The zero-order chi connectivity index (χ0) is 15.1. The molecule has 6 nitrogen and oxygen atoms in total. The molecule has 1 fully saturated rings. The number of nitrogens with one attached hydrogen (secondary N) is 2. The minimum absolute atomic E-state index is 0.104. The lowest BCUT2D eigenvalue weighted by Crippen LogP contribution is -2.30. The molecule has 2 N–H and O–H groups in total. The van der Waals surface area contributed by atoms with E-state index < -0.39 is 0 Å². The van der Waals surface area contributed by atoms with Crippen molar-refractivity contribution in [1.29, 1.82) is 0 Å². The summed E-state index contributed by atoms with van der Waals surface area (Å²) in [5.74, 6) is 0.953. The minimum atomic E-state index is -0.238. The van der Waals surface area contributed by atoms with Crippen LogP contribution < -0.4 is 10.6 Å². The molecule has 2 atom stereocenters. The van der Waals surface area contributed by atoms with E-state index in [-0.39, 0.29) is 17.8 Å². The molecule has 0 spiro atoms. The molecule has 1 saturated heterocycles. The molecule has 0 radical (unpaired) electrons. The highest BCUT2D eigenvalue weighted by atomic mass is 16.5. The second-order valence-electron chi connectivity index (χ2n) is 5.73. The minimum Gasteiger partial charge on any atom is -0.349 e. The Kier molecular flexibility index (Phi) is 6.17. The Labute approximate surface area is 126 Å². The molecule has 0 aromatic carbocycles. The average molecular weight is 294 g/mol. The zero-order valence-corrected chi connectivity index (χ0v) is 13.0. The Morgan fingerprint density at radius 2 is 2.38 bits per heavy atom. The van der Waals surface area contributed by atoms with Crippen molar-refractivity contribution < 1.29 is 9.32 Å². The number of rotatable bonds is 8. The van der Waals surface area contributed by atoms with Gasteiger partial charge < -0.3 is 15.2 Å². The monoisotopic (exact) mass is 294 g/mol. The highest BCUT2D eigenvalue weighted by molar-refractivity contribution is 5.90. The Morgan fingerprint density at radius 1 is 1.52 bits per heavy atom. The van der Waals surface area contributed by atoms with Gasteiger partial charge in [0.15, 0.2) is 0 Å². The first-order valence-electron chi connectivity index (χ1n) is 8.09. The molecule has 1 aliphatic rings. The SMILES string of the molecule is CCCCC(CC)CNC(=O)c1noc(C2CCCN2)n1. The van der Waals surface area contributed by atoms with Gasteiger partial charge in [-0.1, -0.05) is 38.3 Å². The molecule has 0 bridgehead atoms. The molecule has 0 aliphatic carbocycles. The number of hydrogen-bond donors (Lipinski definition) is 2. The van der Waals surface area contributed by atoms with Crippen molar-refractivity contribution >= 4 is 5.91 Å². The maximum absolute atomic E-state index is 12.1. The summed E-state index contributed by atoms with van der Waals surface area (Å²) >= 11 is 0. The van der Waals surface area contributed by atoms with Gasteiger partial charge in [-0.2, -0.15) is 4.98 Å². The van der Waals surface area contributed by atoms with E-state index in [1.807, 2.05) is 0 Å². The van der Waals surface area contributed by atoms with Gasteiger partial charge in [-0.3, -0.25) is 4.79 Å². The summed E-state index contributed by atoms with van der Waals surface area (Å²) in [4.78, 5) is 16.3. The number of aromatic nitrogens is 2. The summed E-state index contributed by atoms with van der Waals surface area (Å²) in [6, 6.07) is 0.104. The van der Waals surface area contributed by atoms with Crippen LogP contribution in [0.3, 0.4) is 0 Å². The van der Waals surface area contributed by atoms with Gasteiger partial charge in [-0.05, 0) is 31.7 Å². The molecule has 1 aliphatic heterocycles. The van der Waals surface area contributed by atoms with Crippen LogP contribution in [0.25, 0.3) is 0 Å². The van der Waals surface area contributed by atoms with Crippen LogP contribution in [0, 0.1) is 5.92 Å². The maximum atomic E-state index is 12.1. The van der Waals surface area contributed by atoms with Crippen LogP contribution >= 0.6 is 0 Å². The van der Waals surface area contributed by atoms with E-state index >= 15 is 0 Å². The molecule has 0 saturated carbocycles. The second kappa shape index (κ2) is 8.12. The van der Waals surface area contributed by atoms with Crippen LogP contribution in [0.15, 0.2) is 4.52 Å². The van der Waals surface area contributed by atoms with Crippen LogP contribution in [0.4, 0.5) is 0 Å². The van der Waals surface area contributed by atoms with Crippen molar-refractivity contribution in [2.75, 3.05) is 13.1 Å². The highest BCUT2D eigenvalue weighted by Crippen LogP contribution is 2.21. The molecule has 2 heterocycles. The quantitative estimate of drug-likeness (QED) is 0.769. The number of carbonyl (C=O) groups is 1. The highest BCUT2D eigenvalue weighted by Gasteiger charge is 2.24. The summed E-state index contributed by atoms with van der Waals surface area (Å²) < 4.78 is 5.18. The van der Waals surface area contributed by atoms with Crippen LogP contribution in [0.5, 0.6) is 0 Å². The van der Waals surface area contributed by atoms with E-state index in [0.717, 1.165) is 32.2 Å². The van der Waals surface area contributed by atoms with Gasteiger partial charge in [0, 0.05) is 6.54 Å². The number of amides is 1. The summed E-state index contributed by atoms with van der Waals surface area (Å²) in [6.07, 6.45) is 6.70. The largest absolute Gasteiger partial charge is 0.349 e. The lowest BCUT2D eigenvalue weighted by Gasteiger charge is -2.14. The first-order valence-corrected chi connectivity index (χ1v) is 8.09. The molecule has 1 amide bonds. The molecule has 6 heteroatoms. The molecule has 118 valence electrons. The predicted molar refractivity (Wildman–Crippen MR) is 79.9 cm³/mol. The first-order chi connectivity index (χ1) is 10.2. The number of unbranched alkanes of at least 4 members (excludes halogenated alkanes) is 1. The lowest BCUT2D eigenvalue weighted by atomic mass is 9.99. The molecule has 1 aromatic rings. The van der Waals surface area contributed by atoms with Gasteiger partial charge in [0.1, 0.15) is 0 Å². The number of nitrogens with zero attached hydrogens (tertiary/aromatic N) is 2. The van der Waals surface area contributed by atoms with Crippen molar-refractivity contribution in [1.82, 2.24) is 20.8 Å². The van der Waals surface area contributed by atoms with Crippen LogP contribution in [0.1, 0.15) is 74.9 Å². The number of carbonyl (C=O) groups excluding carboxylic acids is 1. The van der Waals surface area contributed by atoms with Crippen molar-refractivity contribution in [2.45, 2.75) is 58.4 Å². The molecule has 21 heavy (non-hydrogen) atoms. The molecule has 1 aromatic heterocycles. The predicted octanol–water partition coefficient (Wildman–Crippen LogP) is 2.44. The van der Waals surface area contributed by atoms with Gasteiger partial charge in [-0.15, -0.1) is 0 Å². The molecule has 2 rings (SSSR count). The van der Waals surface area contributed by atoms with E-state index in [1.165, 1.54) is 12.8 Å². The fourth-order valence-corrected chi connectivity index (χ4v) is 2.62.